The zero-order valence-electron chi connectivity index (χ0n) is 16.5. The van der Waals surface area contributed by atoms with Crippen molar-refractivity contribution in [1.82, 2.24) is 10.2 Å². The molecule has 0 unspecified atom stereocenters. The molecule has 1 heterocycles. The standard InChI is InChI=1S/C19H17N5O6S/c1-11(2)31-16-5-3-12(4-6-16)7-17-21-22-19(30-17)20-18(25)13-8-14(23(26)27)10-15(9-13)24(28)29/h3-6,8-11H,7H2,1-2H3,(H,20,22,25). The van der Waals surface area contributed by atoms with Crippen LogP contribution < -0.4 is 5.32 Å². The minimum Gasteiger partial charge on any atom is -0.407 e. The Balaban J connectivity index is 1.70. The molecule has 31 heavy (non-hydrogen) atoms. The van der Waals surface area contributed by atoms with Gasteiger partial charge in [0.25, 0.3) is 17.3 Å². The summed E-state index contributed by atoms with van der Waals surface area (Å²) in [4.78, 5) is 33.8. The highest BCUT2D eigenvalue weighted by Gasteiger charge is 2.21. The molecular weight excluding hydrogens is 426 g/mol. The lowest BCUT2D eigenvalue weighted by Gasteiger charge is -2.05. The molecule has 1 amide bonds. The Morgan fingerprint density at radius 1 is 1.06 bits per heavy atom. The van der Waals surface area contributed by atoms with Gasteiger partial charge in [-0.05, 0) is 17.7 Å². The fourth-order valence-corrected chi connectivity index (χ4v) is 3.45. The number of hydrogen-bond donors (Lipinski definition) is 1. The molecule has 160 valence electrons. The minimum absolute atomic E-state index is 0.221. The molecular formula is C19H17N5O6S. The molecule has 0 spiro atoms. The van der Waals surface area contributed by atoms with Crippen LogP contribution in [0, 0.1) is 20.2 Å². The zero-order valence-corrected chi connectivity index (χ0v) is 17.3. The van der Waals surface area contributed by atoms with E-state index in [1.807, 2.05) is 24.3 Å². The molecule has 0 aliphatic carbocycles. The molecule has 0 radical (unpaired) electrons. The van der Waals surface area contributed by atoms with Crippen LogP contribution in [0.15, 0.2) is 51.8 Å². The normalized spacial score (nSPS) is 10.8. The topological polar surface area (TPSA) is 154 Å². The van der Waals surface area contributed by atoms with Gasteiger partial charge in [0.2, 0.25) is 5.89 Å². The largest absolute Gasteiger partial charge is 0.407 e. The van der Waals surface area contributed by atoms with Crippen LogP contribution in [0.5, 0.6) is 0 Å². The van der Waals surface area contributed by atoms with Crippen molar-refractivity contribution in [1.29, 1.82) is 0 Å². The van der Waals surface area contributed by atoms with E-state index >= 15 is 0 Å². The number of anilines is 1. The Hall–Kier alpha value is -3.80. The van der Waals surface area contributed by atoms with E-state index in [1.54, 1.807) is 11.8 Å². The molecule has 1 aromatic heterocycles. The Morgan fingerprint density at radius 3 is 2.23 bits per heavy atom. The summed E-state index contributed by atoms with van der Waals surface area (Å²) >= 11 is 1.74. The number of aromatic nitrogens is 2. The van der Waals surface area contributed by atoms with E-state index in [0.717, 1.165) is 28.7 Å². The number of carbonyl (C=O) groups excluding carboxylic acids is 1. The average molecular weight is 443 g/mol. The summed E-state index contributed by atoms with van der Waals surface area (Å²) in [5.41, 5.74) is -0.503. The summed E-state index contributed by atoms with van der Waals surface area (Å²) in [7, 11) is 0. The van der Waals surface area contributed by atoms with Crippen molar-refractivity contribution in [3.63, 3.8) is 0 Å². The van der Waals surface area contributed by atoms with Crippen LogP contribution in [0.2, 0.25) is 0 Å². The number of hydrogen-bond acceptors (Lipinski definition) is 9. The van der Waals surface area contributed by atoms with Crippen LogP contribution in [0.4, 0.5) is 17.4 Å². The van der Waals surface area contributed by atoms with E-state index < -0.39 is 27.1 Å². The van der Waals surface area contributed by atoms with Crippen molar-refractivity contribution < 1.29 is 19.1 Å². The minimum atomic E-state index is -0.850. The summed E-state index contributed by atoms with van der Waals surface area (Å²) in [6.45, 7) is 4.22. The van der Waals surface area contributed by atoms with E-state index in [1.165, 1.54) is 0 Å². The number of nitro benzene ring substituents is 2. The highest BCUT2D eigenvalue weighted by molar-refractivity contribution is 7.99. The maximum atomic E-state index is 12.4. The van der Waals surface area contributed by atoms with Crippen molar-refractivity contribution in [2.45, 2.75) is 30.4 Å². The SMILES string of the molecule is CC(C)Sc1ccc(Cc2nnc(NC(=O)c3cc([N+](=O)[O-])cc([N+](=O)[O-])c3)o2)cc1. The molecule has 0 saturated carbocycles. The first kappa shape index (κ1) is 21.9. The smallest absolute Gasteiger partial charge is 0.322 e. The average Bonchev–Trinajstić information content (AvgIpc) is 3.15. The van der Waals surface area contributed by atoms with Gasteiger partial charge >= 0.3 is 6.01 Å². The van der Waals surface area contributed by atoms with Crippen molar-refractivity contribution in [2.24, 2.45) is 0 Å². The molecule has 2 aromatic carbocycles. The van der Waals surface area contributed by atoms with Gasteiger partial charge in [-0.25, -0.2) is 0 Å². The van der Waals surface area contributed by atoms with E-state index in [0.29, 0.717) is 11.7 Å². The summed E-state index contributed by atoms with van der Waals surface area (Å²) in [5, 5.41) is 32.3. The number of non-ortho nitro benzene ring substituents is 2. The highest BCUT2D eigenvalue weighted by atomic mass is 32.2. The molecule has 0 bridgehead atoms. The molecule has 12 heteroatoms. The van der Waals surface area contributed by atoms with Gasteiger partial charge in [0, 0.05) is 22.3 Å². The van der Waals surface area contributed by atoms with Gasteiger partial charge in [-0.1, -0.05) is 31.1 Å². The number of nitrogens with one attached hydrogen (secondary N) is 1. The van der Waals surface area contributed by atoms with Crippen LogP contribution in [0.3, 0.4) is 0 Å². The number of nitro groups is 2. The lowest BCUT2D eigenvalue weighted by atomic mass is 10.1. The Morgan fingerprint density at radius 2 is 1.68 bits per heavy atom. The molecule has 3 rings (SSSR count). The number of carbonyl (C=O) groups is 1. The second-order valence-electron chi connectivity index (χ2n) is 6.69. The molecule has 1 N–H and O–H groups in total. The van der Waals surface area contributed by atoms with E-state index in [9.17, 15) is 25.0 Å². The van der Waals surface area contributed by atoms with Crippen LogP contribution in [-0.2, 0) is 6.42 Å². The van der Waals surface area contributed by atoms with Gasteiger partial charge in [0.15, 0.2) is 0 Å². The fourth-order valence-electron chi connectivity index (χ4n) is 2.61. The lowest BCUT2D eigenvalue weighted by Crippen LogP contribution is -2.13. The molecule has 0 aliphatic rings. The summed E-state index contributed by atoms with van der Waals surface area (Å²) in [5.74, 6) is -0.596. The maximum Gasteiger partial charge on any atom is 0.322 e. The summed E-state index contributed by atoms with van der Waals surface area (Å²) in [6, 6.07) is 10.3. The molecule has 0 atom stereocenters. The third kappa shape index (κ3) is 5.85. The van der Waals surface area contributed by atoms with Crippen molar-refractivity contribution in [3.8, 4) is 0 Å². The monoisotopic (exact) mass is 443 g/mol. The van der Waals surface area contributed by atoms with Crippen LogP contribution >= 0.6 is 11.8 Å². The van der Waals surface area contributed by atoms with Gasteiger partial charge in [-0.2, -0.15) is 0 Å². The molecule has 3 aromatic rings. The van der Waals surface area contributed by atoms with Crippen LogP contribution in [-0.4, -0.2) is 31.2 Å². The maximum absolute atomic E-state index is 12.4. The van der Waals surface area contributed by atoms with E-state index in [4.69, 9.17) is 4.42 Å². The van der Waals surface area contributed by atoms with Gasteiger partial charge < -0.3 is 4.42 Å². The number of amides is 1. The lowest BCUT2D eigenvalue weighted by molar-refractivity contribution is -0.394. The van der Waals surface area contributed by atoms with Gasteiger partial charge in [-0.15, -0.1) is 16.9 Å². The van der Waals surface area contributed by atoms with Crippen molar-refractivity contribution in [3.05, 3.63) is 79.7 Å². The van der Waals surface area contributed by atoms with Crippen molar-refractivity contribution >= 4 is 35.1 Å². The van der Waals surface area contributed by atoms with Crippen LogP contribution in [0.1, 0.15) is 35.7 Å². The first-order chi connectivity index (χ1) is 14.7. The number of thioether (sulfide) groups is 1. The first-order valence-corrected chi connectivity index (χ1v) is 9.92. The highest BCUT2D eigenvalue weighted by Crippen LogP contribution is 2.25. The molecule has 0 saturated heterocycles. The Labute approximate surface area is 180 Å². The van der Waals surface area contributed by atoms with Crippen molar-refractivity contribution in [2.75, 3.05) is 5.32 Å². The number of benzene rings is 2. The molecule has 0 fully saturated rings. The quantitative estimate of drug-likeness (QED) is 0.306. The third-order valence-corrected chi connectivity index (χ3v) is 4.94. The predicted molar refractivity (Wildman–Crippen MR) is 112 cm³/mol. The second-order valence-corrected chi connectivity index (χ2v) is 8.34. The summed E-state index contributed by atoms with van der Waals surface area (Å²) in [6.07, 6.45) is 0.345. The van der Waals surface area contributed by atoms with E-state index in [2.05, 4.69) is 29.4 Å². The van der Waals surface area contributed by atoms with Gasteiger partial charge in [-0.3, -0.25) is 30.3 Å². The first-order valence-electron chi connectivity index (χ1n) is 9.04. The number of nitrogens with zero attached hydrogens (tertiary/aromatic N) is 4. The van der Waals surface area contributed by atoms with Gasteiger partial charge in [0.05, 0.1) is 27.9 Å². The second kappa shape index (κ2) is 9.34. The third-order valence-electron chi connectivity index (χ3n) is 3.92. The number of rotatable bonds is 8. The molecule has 11 nitrogen and oxygen atoms in total. The summed E-state index contributed by atoms with van der Waals surface area (Å²) < 4.78 is 5.40. The van der Waals surface area contributed by atoms with E-state index in [-0.39, 0.29) is 17.5 Å². The Kier molecular flexibility index (Phi) is 6.60. The molecule has 0 aliphatic heterocycles. The Bertz CT molecular complexity index is 1100. The van der Waals surface area contributed by atoms with Gasteiger partial charge in [0.1, 0.15) is 0 Å². The van der Waals surface area contributed by atoms with Crippen LogP contribution in [0.25, 0.3) is 0 Å². The predicted octanol–water partition coefficient (Wildman–Crippen LogP) is 4.23. The zero-order chi connectivity index (χ0) is 22.5. The fraction of sp³-hybridized carbons (Fsp3) is 0.211.